The number of hydrogen-bond acceptors (Lipinski definition) is 4. The smallest absolute Gasteiger partial charge is 0.139 e. The van der Waals surface area contributed by atoms with Gasteiger partial charge in [-0.15, -0.1) is 0 Å². The highest BCUT2D eigenvalue weighted by Crippen LogP contribution is 2.56. The maximum Gasteiger partial charge on any atom is 0.139 e. The number of hydrogen-bond donors (Lipinski definition) is 2. The Kier molecular flexibility index (Phi) is 4.66. The predicted octanol–water partition coefficient (Wildman–Crippen LogP) is 3.33. The normalized spacial score (nSPS) is 50.1. The molecular formula is C21H36O4. The zero-order valence-electron chi connectivity index (χ0n) is 16.7. The van der Waals surface area contributed by atoms with Gasteiger partial charge in [0.25, 0.3) is 0 Å². The third kappa shape index (κ3) is 3.19. The van der Waals surface area contributed by atoms with Crippen molar-refractivity contribution < 1.29 is 19.7 Å². The summed E-state index contributed by atoms with van der Waals surface area (Å²) in [7, 11) is 0. The van der Waals surface area contributed by atoms with Crippen molar-refractivity contribution >= 4 is 5.78 Å². The maximum absolute atomic E-state index is 13.3. The lowest BCUT2D eigenvalue weighted by Gasteiger charge is -2.58. The lowest BCUT2D eigenvalue weighted by atomic mass is 9.52. The van der Waals surface area contributed by atoms with Gasteiger partial charge in [0, 0.05) is 18.3 Å². The molecule has 3 aliphatic rings. The quantitative estimate of drug-likeness (QED) is 0.760. The number of Topliss-reactive ketones (excluding diaryl/α,β-unsaturated/α-hetero) is 1. The number of fused-ring (bicyclic) bond motifs is 4. The molecule has 0 aromatic heterocycles. The predicted molar refractivity (Wildman–Crippen MR) is 97.1 cm³/mol. The first-order valence-corrected chi connectivity index (χ1v) is 10.00. The first kappa shape index (κ1) is 19.3. The summed E-state index contributed by atoms with van der Waals surface area (Å²) in [6.07, 6.45) is 2.67. The van der Waals surface area contributed by atoms with E-state index in [4.69, 9.17) is 4.74 Å². The highest BCUT2D eigenvalue weighted by Gasteiger charge is 2.59. The average Bonchev–Trinajstić information content (AvgIpc) is 2.43. The summed E-state index contributed by atoms with van der Waals surface area (Å²) in [5.74, 6) is 0.804. The molecule has 0 unspecified atom stereocenters. The minimum absolute atomic E-state index is 0.0187. The second kappa shape index (κ2) is 6.03. The molecule has 0 spiro atoms. The van der Waals surface area contributed by atoms with E-state index in [1.807, 2.05) is 6.92 Å². The van der Waals surface area contributed by atoms with Crippen LogP contribution < -0.4 is 0 Å². The molecule has 2 N–H and O–H groups in total. The summed E-state index contributed by atoms with van der Waals surface area (Å²) in [5, 5.41) is 22.1. The summed E-state index contributed by atoms with van der Waals surface area (Å²) in [4.78, 5) is 13.3. The van der Waals surface area contributed by atoms with E-state index in [9.17, 15) is 15.0 Å². The SMILES string of the molecule is CC(C)[C@H]1CCC(C)(C)[C@@H]2C(=O)C[C@@](C)(O)[C@H]3CC[C@@](C)(O)[C@H](O3)[C@H]12. The van der Waals surface area contributed by atoms with Crippen molar-refractivity contribution in [3.05, 3.63) is 0 Å². The lowest BCUT2D eigenvalue weighted by Crippen LogP contribution is -2.65. The molecule has 3 fully saturated rings. The number of carbonyl (C=O) groups is 1. The molecule has 4 nitrogen and oxygen atoms in total. The Morgan fingerprint density at radius 2 is 1.68 bits per heavy atom. The van der Waals surface area contributed by atoms with Crippen LogP contribution in [0.25, 0.3) is 0 Å². The topological polar surface area (TPSA) is 66.8 Å². The molecule has 0 aromatic carbocycles. The minimum atomic E-state index is -1.16. The second-order valence-corrected chi connectivity index (χ2v) is 10.4. The van der Waals surface area contributed by atoms with E-state index in [-0.39, 0.29) is 41.7 Å². The van der Waals surface area contributed by atoms with E-state index < -0.39 is 11.2 Å². The van der Waals surface area contributed by atoms with Crippen molar-refractivity contribution in [1.29, 1.82) is 0 Å². The minimum Gasteiger partial charge on any atom is -0.387 e. The molecule has 0 aromatic rings. The van der Waals surface area contributed by atoms with E-state index in [1.165, 1.54) is 0 Å². The molecule has 4 heteroatoms. The van der Waals surface area contributed by atoms with Crippen molar-refractivity contribution in [3.8, 4) is 0 Å². The van der Waals surface area contributed by atoms with Gasteiger partial charge in [0.2, 0.25) is 0 Å². The maximum atomic E-state index is 13.3. The summed E-state index contributed by atoms with van der Waals surface area (Å²) in [6, 6.07) is 0. The Morgan fingerprint density at radius 3 is 2.28 bits per heavy atom. The highest BCUT2D eigenvalue weighted by molar-refractivity contribution is 5.83. The number of ether oxygens (including phenoxy) is 1. The van der Waals surface area contributed by atoms with Crippen LogP contribution in [0, 0.1) is 29.1 Å². The fourth-order valence-corrected chi connectivity index (χ4v) is 5.98. The molecule has 2 heterocycles. The Hall–Kier alpha value is -0.450. The van der Waals surface area contributed by atoms with Crippen LogP contribution in [0.3, 0.4) is 0 Å². The molecule has 7 atom stereocenters. The van der Waals surface area contributed by atoms with E-state index in [1.54, 1.807) is 6.92 Å². The monoisotopic (exact) mass is 352 g/mol. The van der Waals surface area contributed by atoms with Gasteiger partial charge in [-0.2, -0.15) is 0 Å². The zero-order valence-corrected chi connectivity index (χ0v) is 16.7. The molecule has 144 valence electrons. The largest absolute Gasteiger partial charge is 0.387 e. The summed E-state index contributed by atoms with van der Waals surface area (Å²) in [5.41, 5.74) is -2.24. The van der Waals surface area contributed by atoms with Gasteiger partial charge in [-0.25, -0.2) is 0 Å². The van der Waals surface area contributed by atoms with E-state index >= 15 is 0 Å². The molecule has 0 radical (unpaired) electrons. The van der Waals surface area contributed by atoms with Crippen LogP contribution in [0.4, 0.5) is 0 Å². The fraction of sp³-hybridized carbons (Fsp3) is 0.952. The summed E-state index contributed by atoms with van der Waals surface area (Å²) in [6.45, 7) is 12.4. The summed E-state index contributed by atoms with van der Waals surface area (Å²) >= 11 is 0. The third-order valence-corrected chi connectivity index (χ3v) is 7.46. The molecule has 2 saturated heterocycles. The van der Waals surface area contributed by atoms with Crippen molar-refractivity contribution in [2.75, 3.05) is 0 Å². The third-order valence-electron chi connectivity index (χ3n) is 7.46. The van der Waals surface area contributed by atoms with Crippen LogP contribution in [0.5, 0.6) is 0 Å². The number of ketones is 1. The average molecular weight is 353 g/mol. The highest BCUT2D eigenvalue weighted by atomic mass is 16.5. The molecule has 25 heavy (non-hydrogen) atoms. The van der Waals surface area contributed by atoms with Gasteiger partial charge in [0.1, 0.15) is 5.78 Å². The number of carbonyl (C=O) groups excluding carboxylic acids is 1. The summed E-state index contributed by atoms with van der Waals surface area (Å²) < 4.78 is 6.40. The first-order chi connectivity index (χ1) is 11.4. The van der Waals surface area contributed by atoms with Crippen LogP contribution >= 0.6 is 0 Å². The molecule has 1 saturated carbocycles. The van der Waals surface area contributed by atoms with Crippen LogP contribution in [0.15, 0.2) is 0 Å². The van der Waals surface area contributed by atoms with Crippen LogP contribution in [-0.2, 0) is 9.53 Å². The van der Waals surface area contributed by atoms with Gasteiger partial charge in [-0.3, -0.25) is 4.79 Å². The number of rotatable bonds is 1. The van der Waals surface area contributed by atoms with Gasteiger partial charge >= 0.3 is 0 Å². The van der Waals surface area contributed by atoms with Gasteiger partial charge in [-0.05, 0) is 56.8 Å². The van der Waals surface area contributed by atoms with Gasteiger partial charge in [0.15, 0.2) is 0 Å². The van der Waals surface area contributed by atoms with Crippen LogP contribution in [0.1, 0.15) is 73.6 Å². The standard InChI is InChI=1S/C21H36O4/c1-12(2)13-7-9-19(3,4)17-14(22)11-21(6,24)15-8-10-20(5,23)18(25-15)16(13)17/h12-13,15-18,23-24H,7-11H2,1-6H3/t13-,15-,16-,17-,18-,20-,21-/m1/s1. The van der Waals surface area contributed by atoms with Gasteiger partial charge < -0.3 is 14.9 Å². The van der Waals surface area contributed by atoms with Crippen molar-refractivity contribution in [1.82, 2.24) is 0 Å². The Balaban J connectivity index is 2.12. The van der Waals surface area contributed by atoms with Crippen molar-refractivity contribution in [2.24, 2.45) is 29.1 Å². The molecule has 0 amide bonds. The molecule has 2 bridgehead atoms. The lowest BCUT2D eigenvalue weighted by molar-refractivity contribution is -0.257. The molecule has 2 aliphatic heterocycles. The Bertz CT molecular complexity index is 534. The van der Waals surface area contributed by atoms with Crippen LogP contribution in [0.2, 0.25) is 0 Å². The Labute approximate surface area is 152 Å². The molecular weight excluding hydrogens is 316 g/mol. The first-order valence-electron chi connectivity index (χ1n) is 10.00. The van der Waals surface area contributed by atoms with E-state index in [2.05, 4.69) is 27.7 Å². The Morgan fingerprint density at radius 1 is 1.04 bits per heavy atom. The van der Waals surface area contributed by atoms with Crippen molar-refractivity contribution in [2.45, 2.75) is 97.1 Å². The van der Waals surface area contributed by atoms with Crippen LogP contribution in [-0.4, -0.2) is 39.4 Å². The van der Waals surface area contributed by atoms with E-state index in [0.717, 1.165) is 12.8 Å². The van der Waals surface area contributed by atoms with E-state index in [0.29, 0.717) is 24.7 Å². The van der Waals surface area contributed by atoms with Gasteiger partial charge in [0.05, 0.1) is 23.4 Å². The molecule has 1 aliphatic carbocycles. The fourth-order valence-electron chi connectivity index (χ4n) is 5.98. The second-order valence-electron chi connectivity index (χ2n) is 10.4. The molecule has 3 rings (SSSR count). The van der Waals surface area contributed by atoms with Gasteiger partial charge in [-0.1, -0.05) is 27.7 Å². The number of aliphatic hydroxyl groups is 2. The van der Waals surface area contributed by atoms with Crippen molar-refractivity contribution in [3.63, 3.8) is 0 Å². The zero-order chi connectivity index (χ0) is 18.8.